The quantitative estimate of drug-likeness (QED) is 0.891. The van der Waals surface area contributed by atoms with Gasteiger partial charge in [-0.25, -0.2) is 0 Å². The molecule has 2 rings (SSSR count). The third kappa shape index (κ3) is 2.85. The SMILES string of the molecule is OCc1cccc2c1ccn2CCCC(F)(F)F. The van der Waals surface area contributed by atoms with Gasteiger partial charge >= 0.3 is 6.18 Å². The summed E-state index contributed by atoms with van der Waals surface area (Å²) in [5.74, 6) is 0. The standard InChI is InChI=1S/C13H14F3NO/c14-13(15,16)6-2-7-17-8-5-11-10(9-18)3-1-4-12(11)17/h1,3-5,8,18H,2,6-7,9H2. The van der Waals surface area contributed by atoms with Gasteiger partial charge in [-0.1, -0.05) is 12.1 Å². The molecular formula is C13H14F3NO. The predicted molar refractivity (Wildman–Crippen MR) is 63.1 cm³/mol. The van der Waals surface area contributed by atoms with E-state index in [4.69, 9.17) is 5.11 Å². The molecule has 1 aromatic heterocycles. The smallest absolute Gasteiger partial charge is 0.389 e. The van der Waals surface area contributed by atoms with Crippen LogP contribution in [0.4, 0.5) is 13.2 Å². The van der Waals surface area contributed by atoms with Crippen molar-refractivity contribution < 1.29 is 18.3 Å². The topological polar surface area (TPSA) is 25.2 Å². The van der Waals surface area contributed by atoms with Crippen LogP contribution in [0.5, 0.6) is 0 Å². The van der Waals surface area contributed by atoms with E-state index < -0.39 is 12.6 Å². The molecule has 0 radical (unpaired) electrons. The Kier molecular flexibility index (Phi) is 3.61. The van der Waals surface area contributed by atoms with Gasteiger partial charge in [-0.05, 0) is 24.1 Å². The minimum atomic E-state index is -4.10. The number of aliphatic hydroxyl groups excluding tert-OH is 1. The average Bonchev–Trinajstić information content (AvgIpc) is 2.71. The third-order valence-corrected chi connectivity index (χ3v) is 2.93. The molecule has 0 unspecified atom stereocenters. The Bertz CT molecular complexity index is 531. The summed E-state index contributed by atoms with van der Waals surface area (Å²) in [6, 6.07) is 7.28. The lowest BCUT2D eigenvalue weighted by Gasteiger charge is -2.08. The number of benzene rings is 1. The summed E-state index contributed by atoms with van der Waals surface area (Å²) >= 11 is 0. The molecule has 5 heteroatoms. The molecule has 2 nitrogen and oxygen atoms in total. The van der Waals surface area contributed by atoms with Gasteiger partial charge in [-0.3, -0.25) is 0 Å². The van der Waals surface area contributed by atoms with E-state index in [0.29, 0.717) is 6.54 Å². The van der Waals surface area contributed by atoms with Crippen molar-refractivity contribution in [3.8, 4) is 0 Å². The van der Waals surface area contributed by atoms with Crippen molar-refractivity contribution >= 4 is 10.9 Å². The zero-order valence-electron chi connectivity index (χ0n) is 9.74. The van der Waals surface area contributed by atoms with E-state index in [1.165, 1.54) is 0 Å². The molecule has 1 heterocycles. The maximum Gasteiger partial charge on any atom is 0.389 e. The van der Waals surface area contributed by atoms with E-state index in [-0.39, 0.29) is 13.0 Å². The van der Waals surface area contributed by atoms with Crippen molar-refractivity contribution in [2.45, 2.75) is 32.2 Å². The summed E-state index contributed by atoms with van der Waals surface area (Å²) in [7, 11) is 0. The molecule has 0 spiro atoms. The Labute approximate surface area is 103 Å². The fraction of sp³-hybridized carbons (Fsp3) is 0.385. The van der Waals surface area contributed by atoms with Crippen LogP contribution in [-0.2, 0) is 13.2 Å². The first kappa shape index (κ1) is 13.0. The summed E-state index contributed by atoms with van der Waals surface area (Å²) in [6.07, 6.45) is -3.04. The van der Waals surface area contributed by atoms with Crippen LogP contribution < -0.4 is 0 Å². The molecule has 1 N–H and O–H groups in total. The van der Waals surface area contributed by atoms with Gasteiger partial charge in [-0.15, -0.1) is 0 Å². The van der Waals surface area contributed by atoms with Crippen molar-refractivity contribution in [1.29, 1.82) is 0 Å². The number of hydrogen-bond acceptors (Lipinski definition) is 1. The third-order valence-electron chi connectivity index (χ3n) is 2.93. The molecule has 0 aliphatic rings. The number of hydrogen-bond donors (Lipinski definition) is 1. The van der Waals surface area contributed by atoms with Gasteiger partial charge in [0.05, 0.1) is 6.61 Å². The van der Waals surface area contributed by atoms with Gasteiger partial charge in [0.2, 0.25) is 0 Å². The van der Waals surface area contributed by atoms with Crippen LogP contribution in [-0.4, -0.2) is 15.8 Å². The lowest BCUT2D eigenvalue weighted by molar-refractivity contribution is -0.135. The van der Waals surface area contributed by atoms with E-state index in [1.54, 1.807) is 16.8 Å². The largest absolute Gasteiger partial charge is 0.392 e. The fourth-order valence-electron chi connectivity index (χ4n) is 2.07. The Morgan fingerprint density at radius 3 is 2.61 bits per heavy atom. The van der Waals surface area contributed by atoms with E-state index >= 15 is 0 Å². The summed E-state index contributed by atoms with van der Waals surface area (Å²) in [5, 5.41) is 10.1. The number of nitrogens with zero attached hydrogens (tertiary/aromatic N) is 1. The van der Waals surface area contributed by atoms with Gasteiger partial charge in [0.25, 0.3) is 0 Å². The molecule has 0 fully saturated rings. The number of aryl methyl sites for hydroxylation is 1. The number of alkyl halides is 3. The van der Waals surface area contributed by atoms with Crippen LogP contribution in [0.1, 0.15) is 18.4 Å². The van der Waals surface area contributed by atoms with Crippen LogP contribution in [0.25, 0.3) is 10.9 Å². The summed E-state index contributed by atoms with van der Waals surface area (Å²) in [4.78, 5) is 0. The van der Waals surface area contributed by atoms with Crippen molar-refractivity contribution in [1.82, 2.24) is 4.57 Å². The summed E-state index contributed by atoms with van der Waals surface area (Å²) in [6.45, 7) is 0.266. The maximum atomic E-state index is 12.1. The monoisotopic (exact) mass is 257 g/mol. The molecule has 0 bridgehead atoms. The molecule has 98 valence electrons. The molecule has 0 amide bonds. The molecule has 2 aromatic rings. The van der Waals surface area contributed by atoms with Crippen molar-refractivity contribution in [2.24, 2.45) is 0 Å². The molecule has 0 saturated carbocycles. The van der Waals surface area contributed by atoms with Crippen molar-refractivity contribution in [3.05, 3.63) is 36.0 Å². The van der Waals surface area contributed by atoms with Gasteiger partial charge in [-0.2, -0.15) is 13.2 Å². The Morgan fingerprint density at radius 2 is 1.94 bits per heavy atom. The Morgan fingerprint density at radius 1 is 1.17 bits per heavy atom. The number of fused-ring (bicyclic) bond motifs is 1. The number of aliphatic hydroxyl groups is 1. The van der Waals surface area contributed by atoms with Crippen LogP contribution >= 0.6 is 0 Å². The average molecular weight is 257 g/mol. The molecule has 0 atom stereocenters. The van der Waals surface area contributed by atoms with Gasteiger partial charge < -0.3 is 9.67 Å². The molecule has 1 aromatic carbocycles. The number of rotatable bonds is 4. The predicted octanol–water partition coefficient (Wildman–Crippen LogP) is 3.48. The van der Waals surface area contributed by atoms with Crippen molar-refractivity contribution in [2.75, 3.05) is 0 Å². The number of halogens is 3. The number of aromatic nitrogens is 1. The van der Waals surface area contributed by atoms with Gasteiger partial charge in [0.1, 0.15) is 0 Å². The highest BCUT2D eigenvalue weighted by Gasteiger charge is 2.26. The van der Waals surface area contributed by atoms with Crippen LogP contribution in [0.3, 0.4) is 0 Å². The second kappa shape index (κ2) is 5.02. The van der Waals surface area contributed by atoms with Gasteiger partial charge in [0, 0.05) is 30.1 Å². The first-order chi connectivity index (χ1) is 8.51. The van der Waals surface area contributed by atoms with E-state index in [0.717, 1.165) is 16.5 Å². The zero-order valence-corrected chi connectivity index (χ0v) is 9.74. The molecule has 0 aliphatic heterocycles. The minimum Gasteiger partial charge on any atom is -0.392 e. The first-order valence-electron chi connectivity index (χ1n) is 5.75. The molecule has 0 aliphatic carbocycles. The molecular weight excluding hydrogens is 243 g/mol. The molecule has 0 saturated heterocycles. The van der Waals surface area contributed by atoms with E-state index in [1.807, 2.05) is 18.2 Å². The van der Waals surface area contributed by atoms with Crippen molar-refractivity contribution in [3.63, 3.8) is 0 Å². The second-order valence-electron chi connectivity index (χ2n) is 4.24. The van der Waals surface area contributed by atoms with Crippen LogP contribution in [0, 0.1) is 0 Å². The lowest BCUT2D eigenvalue weighted by Crippen LogP contribution is -2.08. The Balaban J connectivity index is 2.15. The highest BCUT2D eigenvalue weighted by atomic mass is 19.4. The summed E-state index contributed by atoms with van der Waals surface area (Å²) < 4.78 is 38.0. The fourth-order valence-corrected chi connectivity index (χ4v) is 2.07. The normalized spacial score (nSPS) is 12.2. The van der Waals surface area contributed by atoms with E-state index in [9.17, 15) is 13.2 Å². The zero-order chi connectivity index (χ0) is 13.2. The highest BCUT2D eigenvalue weighted by molar-refractivity contribution is 5.83. The van der Waals surface area contributed by atoms with Crippen LogP contribution in [0.15, 0.2) is 30.5 Å². The van der Waals surface area contributed by atoms with E-state index in [2.05, 4.69) is 0 Å². The lowest BCUT2D eigenvalue weighted by atomic mass is 10.1. The molecule has 18 heavy (non-hydrogen) atoms. The maximum absolute atomic E-state index is 12.1. The summed E-state index contributed by atoms with van der Waals surface area (Å²) in [5.41, 5.74) is 1.66. The second-order valence-corrected chi connectivity index (χ2v) is 4.24. The Hall–Kier alpha value is -1.49. The van der Waals surface area contributed by atoms with Crippen LogP contribution in [0.2, 0.25) is 0 Å². The highest BCUT2D eigenvalue weighted by Crippen LogP contribution is 2.24. The van der Waals surface area contributed by atoms with Gasteiger partial charge in [0.15, 0.2) is 0 Å². The first-order valence-corrected chi connectivity index (χ1v) is 5.75. The minimum absolute atomic E-state index is 0.0656.